The Morgan fingerprint density at radius 2 is 2.24 bits per heavy atom. The molecule has 1 unspecified atom stereocenters. The lowest BCUT2D eigenvalue weighted by molar-refractivity contribution is -0.127. The van der Waals surface area contributed by atoms with Crippen LogP contribution in [0.1, 0.15) is 18.4 Å². The summed E-state index contributed by atoms with van der Waals surface area (Å²) in [5, 5.41) is 11.4. The van der Waals surface area contributed by atoms with Crippen LogP contribution in [0.4, 0.5) is 0 Å². The maximum absolute atomic E-state index is 11.8. The molecule has 0 spiro atoms. The first-order chi connectivity index (χ1) is 8.31. The summed E-state index contributed by atoms with van der Waals surface area (Å²) in [4.78, 5) is 11.8. The van der Waals surface area contributed by atoms with Gasteiger partial charge in [0.25, 0.3) is 5.91 Å². The van der Waals surface area contributed by atoms with Crippen molar-refractivity contribution in [1.29, 1.82) is 0 Å². The van der Waals surface area contributed by atoms with Crippen molar-refractivity contribution >= 4 is 5.91 Å². The highest BCUT2D eigenvalue weighted by Gasteiger charge is 2.28. The minimum absolute atomic E-state index is 0.0702. The molecule has 0 radical (unpaired) electrons. The number of aliphatic hydroxyl groups excluding tert-OH is 1. The second kappa shape index (κ2) is 5.68. The van der Waals surface area contributed by atoms with Gasteiger partial charge in [-0.15, -0.1) is 0 Å². The van der Waals surface area contributed by atoms with Gasteiger partial charge in [-0.2, -0.15) is 0 Å². The van der Waals surface area contributed by atoms with Crippen molar-refractivity contribution in [3.8, 4) is 5.75 Å². The van der Waals surface area contributed by atoms with Gasteiger partial charge in [0.05, 0.1) is 0 Å². The molecule has 0 fully saturated rings. The standard InChI is InChI=1S/C13H17NO3/c15-8-4-3-7-14-13(16)12-9-10-5-1-2-6-11(10)17-12/h1-2,5-6,12,15H,3-4,7-9H2,(H,14,16). The average molecular weight is 235 g/mol. The van der Waals surface area contributed by atoms with E-state index in [4.69, 9.17) is 9.84 Å². The molecule has 1 aromatic rings. The van der Waals surface area contributed by atoms with Crippen molar-refractivity contribution in [2.24, 2.45) is 0 Å². The number of fused-ring (bicyclic) bond motifs is 1. The summed E-state index contributed by atoms with van der Waals surface area (Å²) in [5.74, 6) is 0.738. The number of hydrogen-bond acceptors (Lipinski definition) is 3. The van der Waals surface area contributed by atoms with E-state index in [-0.39, 0.29) is 12.5 Å². The zero-order chi connectivity index (χ0) is 12.1. The van der Waals surface area contributed by atoms with E-state index in [1.165, 1.54) is 0 Å². The average Bonchev–Trinajstić information content (AvgIpc) is 2.78. The second-order valence-corrected chi connectivity index (χ2v) is 4.14. The molecule has 0 aromatic heterocycles. The molecule has 0 saturated carbocycles. The number of ether oxygens (including phenoxy) is 1. The summed E-state index contributed by atoms with van der Waals surface area (Å²) >= 11 is 0. The van der Waals surface area contributed by atoms with Crippen molar-refractivity contribution in [3.63, 3.8) is 0 Å². The van der Waals surface area contributed by atoms with E-state index < -0.39 is 6.10 Å². The lowest BCUT2D eigenvalue weighted by Crippen LogP contribution is -2.37. The summed E-state index contributed by atoms with van der Waals surface area (Å²) < 4.78 is 5.56. The molecule has 0 aliphatic carbocycles. The number of amides is 1. The molecule has 0 saturated heterocycles. The molecule has 4 nitrogen and oxygen atoms in total. The summed E-state index contributed by atoms with van der Waals surface area (Å²) in [6.45, 7) is 0.761. The molecule has 92 valence electrons. The SMILES string of the molecule is O=C(NCCCCO)C1Cc2ccccc2O1. The minimum atomic E-state index is -0.401. The zero-order valence-electron chi connectivity index (χ0n) is 9.69. The van der Waals surface area contributed by atoms with Crippen LogP contribution in [-0.4, -0.2) is 30.3 Å². The number of carbonyl (C=O) groups is 1. The predicted molar refractivity (Wildman–Crippen MR) is 63.9 cm³/mol. The van der Waals surface area contributed by atoms with Crippen LogP contribution in [0, 0.1) is 0 Å². The van der Waals surface area contributed by atoms with E-state index >= 15 is 0 Å². The summed E-state index contributed by atoms with van der Waals surface area (Å²) in [6.07, 6.45) is 1.75. The molecule has 17 heavy (non-hydrogen) atoms. The lowest BCUT2D eigenvalue weighted by atomic mass is 10.1. The maximum Gasteiger partial charge on any atom is 0.261 e. The van der Waals surface area contributed by atoms with Gasteiger partial charge in [0, 0.05) is 19.6 Å². The van der Waals surface area contributed by atoms with E-state index in [1.807, 2.05) is 24.3 Å². The fourth-order valence-electron chi connectivity index (χ4n) is 1.89. The topological polar surface area (TPSA) is 58.6 Å². The number of aliphatic hydroxyl groups is 1. The Bertz CT molecular complexity index is 367. The Hall–Kier alpha value is -1.55. The van der Waals surface area contributed by atoms with Gasteiger partial charge in [0.1, 0.15) is 5.75 Å². The molecule has 1 aliphatic rings. The summed E-state index contributed by atoms with van der Waals surface area (Å²) in [6, 6.07) is 7.72. The van der Waals surface area contributed by atoms with Crippen molar-refractivity contribution in [1.82, 2.24) is 5.32 Å². The number of nitrogens with one attached hydrogen (secondary N) is 1. The Morgan fingerprint density at radius 1 is 1.41 bits per heavy atom. The molecule has 1 amide bonds. The minimum Gasteiger partial charge on any atom is -0.480 e. The van der Waals surface area contributed by atoms with Crippen LogP contribution in [0.2, 0.25) is 0 Å². The van der Waals surface area contributed by atoms with Crippen LogP contribution in [0.25, 0.3) is 0 Å². The van der Waals surface area contributed by atoms with Crippen LogP contribution in [-0.2, 0) is 11.2 Å². The Balaban J connectivity index is 1.80. The molecule has 1 atom stereocenters. The Labute approximate surface area is 101 Å². The van der Waals surface area contributed by atoms with Gasteiger partial charge in [0.2, 0.25) is 0 Å². The van der Waals surface area contributed by atoms with Gasteiger partial charge in [0.15, 0.2) is 6.10 Å². The molecule has 1 heterocycles. The van der Waals surface area contributed by atoms with Crippen LogP contribution in [0.3, 0.4) is 0 Å². The number of rotatable bonds is 5. The molecule has 2 N–H and O–H groups in total. The molecule has 2 rings (SSSR count). The first kappa shape index (κ1) is 11.9. The number of unbranched alkanes of at least 4 members (excludes halogenated alkanes) is 1. The van der Waals surface area contributed by atoms with Gasteiger partial charge < -0.3 is 15.2 Å². The second-order valence-electron chi connectivity index (χ2n) is 4.14. The molecule has 0 bridgehead atoms. The van der Waals surface area contributed by atoms with Crippen molar-refractivity contribution in [2.45, 2.75) is 25.4 Å². The van der Waals surface area contributed by atoms with Crippen LogP contribution in [0.5, 0.6) is 5.75 Å². The highest BCUT2D eigenvalue weighted by atomic mass is 16.5. The predicted octanol–water partition coefficient (Wildman–Crippen LogP) is 0.879. The zero-order valence-corrected chi connectivity index (χ0v) is 9.69. The molecule has 1 aliphatic heterocycles. The van der Waals surface area contributed by atoms with E-state index in [9.17, 15) is 4.79 Å². The van der Waals surface area contributed by atoms with Gasteiger partial charge in [-0.1, -0.05) is 18.2 Å². The van der Waals surface area contributed by atoms with Gasteiger partial charge in [-0.25, -0.2) is 0 Å². The molecule has 4 heteroatoms. The largest absolute Gasteiger partial charge is 0.480 e. The van der Waals surface area contributed by atoms with E-state index in [0.29, 0.717) is 19.4 Å². The van der Waals surface area contributed by atoms with Gasteiger partial charge in [-0.05, 0) is 24.5 Å². The van der Waals surface area contributed by atoms with Crippen LogP contribution in [0.15, 0.2) is 24.3 Å². The third kappa shape index (κ3) is 2.97. The Kier molecular flexibility index (Phi) is 3.98. The summed E-state index contributed by atoms with van der Waals surface area (Å²) in [5.41, 5.74) is 1.09. The van der Waals surface area contributed by atoms with E-state index in [0.717, 1.165) is 17.7 Å². The van der Waals surface area contributed by atoms with Crippen LogP contribution >= 0.6 is 0 Å². The third-order valence-corrected chi connectivity index (χ3v) is 2.82. The first-order valence-electron chi connectivity index (χ1n) is 5.94. The highest BCUT2D eigenvalue weighted by Crippen LogP contribution is 2.27. The quantitative estimate of drug-likeness (QED) is 0.745. The number of para-hydroxylation sites is 1. The van der Waals surface area contributed by atoms with Crippen LogP contribution < -0.4 is 10.1 Å². The molecule has 1 aromatic carbocycles. The maximum atomic E-state index is 11.8. The number of carbonyl (C=O) groups excluding carboxylic acids is 1. The monoisotopic (exact) mass is 235 g/mol. The molecular formula is C13H17NO3. The molecular weight excluding hydrogens is 218 g/mol. The van der Waals surface area contributed by atoms with E-state index in [1.54, 1.807) is 0 Å². The Morgan fingerprint density at radius 3 is 3.00 bits per heavy atom. The highest BCUT2D eigenvalue weighted by molar-refractivity contribution is 5.82. The fourth-order valence-corrected chi connectivity index (χ4v) is 1.89. The smallest absolute Gasteiger partial charge is 0.261 e. The normalized spacial score (nSPS) is 17.4. The lowest BCUT2D eigenvalue weighted by Gasteiger charge is -2.10. The summed E-state index contributed by atoms with van der Waals surface area (Å²) in [7, 11) is 0. The third-order valence-electron chi connectivity index (χ3n) is 2.82. The van der Waals surface area contributed by atoms with Crippen molar-refractivity contribution < 1.29 is 14.6 Å². The number of hydrogen-bond donors (Lipinski definition) is 2. The first-order valence-corrected chi connectivity index (χ1v) is 5.94. The van der Waals surface area contributed by atoms with Gasteiger partial charge >= 0.3 is 0 Å². The van der Waals surface area contributed by atoms with Crippen molar-refractivity contribution in [3.05, 3.63) is 29.8 Å². The van der Waals surface area contributed by atoms with Gasteiger partial charge in [-0.3, -0.25) is 4.79 Å². The number of benzene rings is 1. The van der Waals surface area contributed by atoms with Crippen molar-refractivity contribution in [2.75, 3.05) is 13.2 Å². The fraction of sp³-hybridized carbons (Fsp3) is 0.462. The van der Waals surface area contributed by atoms with E-state index in [2.05, 4.69) is 5.32 Å².